The van der Waals surface area contributed by atoms with Gasteiger partial charge in [-0.2, -0.15) is 5.26 Å². The molecule has 5 nitrogen and oxygen atoms in total. The van der Waals surface area contributed by atoms with Gasteiger partial charge in [0.05, 0.1) is 24.8 Å². The van der Waals surface area contributed by atoms with Crippen molar-refractivity contribution in [3.05, 3.63) is 42.2 Å². The van der Waals surface area contributed by atoms with Gasteiger partial charge in [0.25, 0.3) is 0 Å². The van der Waals surface area contributed by atoms with E-state index in [-0.39, 0.29) is 5.91 Å². The molecule has 1 aromatic carbocycles. The van der Waals surface area contributed by atoms with E-state index in [4.69, 9.17) is 10.00 Å². The predicted octanol–water partition coefficient (Wildman–Crippen LogP) is 1.53. The summed E-state index contributed by atoms with van der Waals surface area (Å²) in [5.41, 5.74) is 0.618. The molecule has 0 bridgehead atoms. The first-order valence-electron chi connectivity index (χ1n) is 6.01. The summed E-state index contributed by atoms with van der Waals surface area (Å²) in [4.78, 5) is 14.8. The second-order valence-corrected chi connectivity index (χ2v) is 4.23. The topological polar surface area (TPSA) is 56.6 Å². The summed E-state index contributed by atoms with van der Waals surface area (Å²) in [5, 5.41) is 8.68. The first kappa shape index (κ1) is 13.0. The molecule has 1 amide bonds. The van der Waals surface area contributed by atoms with Gasteiger partial charge in [0, 0.05) is 19.3 Å². The van der Waals surface area contributed by atoms with Crippen LogP contribution in [0.2, 0.25) is 0 Å². The van der Waals surface area contributed by atoms with Crippen molar-refractivity contribution in [1.82, 2.24) is 9.80 Å². The van der Waals surface area contributed by atoms with Gasteiger partial charge >= 0.3 is 0 Å². The van der Waals surface area contributed by atoms with Gasteiger partial charge < -0.3 is 9.64 Å². The van der Waals surface area contributed by atoms with Crippen molar-refractivity contribution in [2.75, 3.05) is 19.8 Å². The summed E-state index contributed by atoms with van der Waals surface area (Å²) in [6.07, 6.45) is 3.65. The highest BCUT2D eigenvalue weighted by Gasteiger charge is 2.14. The summed E-state index contributed by atoms with van der Waals surface area (Å²) < 4.78 is 5.57. The van der Waals surface area contributed by atoms with E-state index in [1.807, 2.05) is 11.1 Å². The molecule has 0 saturated heterocycles. The lowest BCUT2D eigenvalue weighted by molar-refractivity contribution is -0.126. The molecule has 1 heterocycles. The molecule has 0 saturated carbocycles. The Morgan fingerprint density at radius 1 is 1.37 bits per heavy atom. The molecule has 5 heteroatoms. The minimum Gasteiger partial charge on any atom is -0.492 e. The van der Waals surface area contributed by atoms with Crippen molar-refractivity contribution < 1.29 is 9.53 Å². The minimum absolute atomic E-state index is 0.0340. The number of carbonyl (C=O) groups is 1. The molecule has 0 atom stereocenters. The quantitative estimate of drug-likeness (QED) is 0.820. The predicted molar refractivity (Wildman–Crippen MR) is 69.9 cm³/mol. The Hall–Kier alpha value is -2.48. The largest absolute Gasteiger partial charge is 0.492 e. The molecule has 0 aliphatic carbocycles. The first-order chi connectivity index (χ1) is 9.19. The summed E-state index contributed by atoms with van der Waals surface area (Å²) in [6, 6.07) is 9.07. The van der Waals surface area contributed by atoms with E-state index in [1.54, 1.807) is 42.3 Å². The zero-order valence-electron chi connectivity index (χ0n) is 10.7. The molecule has 0 aromatic heterocycles. The zero-order valence-corrected chi connectivity index (χ0v) is 10.7. The molecular weight excluding hydrogens is 242 g/mol. The van der Waals surface area contributed by atoms with Crippen molar-refractivity contribution >= 4 is 5.91 Å². The minimum atomic E-state index is 0.0340. The molecule has 0 radical (unpaired) electrons. The van der Waals surface area contributed by atoms with E-state index in [0.717, 1.165) is 5.75 Å². The third-order valence-electron chi connectivity index (χ3n) is 2.83. The van der Waals surface area contributed by atoms with Crippen molar-refractivity contribution in [3.63, 3.8) is 0 Å². The van der Waals surface area contributed by atoms with Crippen LogP contribution >= 0.6 is 0 Å². The van der Waals surface area contributed by atoms with Crippen LogP contribution in [0.3, 0.4) is 0 Å². The van der Waals surface area contributed by atoms with Crippen LogP contribution in [0, 0.1) is 11.3 Å². The fourth-order valence-electron chi connectivity index (χ4n) is 1.72. The first-order valence-corrected chi connectivity index (χ1v) is 6.01. The molecule has 0 N–H and O–H groups in total. The number of hydrogen-bond donors (Lipinski definition) is 0. The number of nitrogens with zero attached hydrogens (tertiary/aromatic N) is 3. The maximum atomic E-state index is 11.1. The van der Waals surface area contributed by atoms with Crippen LogP contribution in [-0.4, -0.2) is 35.5 Å². The van der Waals surface area contributed by atoms with Crippen LogP contribution in [0.25, 0.3) is 0 Å². The van der Waals surface area contributed by atoms with Crippen LogP contribution in [-0.2, 0) is 4.79 Å². The maximum absolute atomic E-state index is 11.1. The number of amides is 1. The van der Waals surface area contributed by atoms with Gasteiger partial charge in [-0.15, -0.1) is 0 Å². The van der Waals surface area contributed by atoms with Crippen LogP contribution in [0.1, 0.15) is 12.5 Å². The summed E-state index contributed by atoms with van der Waals surface area (Å²) in [7, 11) is 0. The molecule has 0 fully saturated rings. The SMILES string of the molecule is CC(=O)N1C=CN(CCOc2ccc(C#N)cc2)C1. The molecule has 2 rings (SSSR count). The monoisotopic (exact) mass is 257 g/mol. The smallest absolute Gasteiger partial charge is 0.224 e. The lowest BCUT2D eigenvalue weighted by Gasteiger charge is -2.19. The average Bonchev–Trinajstić information content (AvgIpc) is 2.89. The van der Waals surface area contributed by atoms with E-state index in [0.29, 0.717) is 25.4 Å². The van der Waals surface area contributed by atoms with Crippen LogP contribution in [0.4, 0.5) is 0 Å². The van der Waals surface area contributed by atoms with Crippen molar-refractivity contribution in [3.8, 4) is 11.8 Å². The van der Waals surface area contributed by atoms with E-state index in [2.05, 4.69) is 6.07 Å². The Balaban J connectivity index is 1.74. The lowest BCUT2D eigenvalue weighted by atomic mass is 10.2. The standard InChI is InChI=1S/C14H15N3O2/c1-12(18)17-7-6-16(11-17)8-9-19-14-4-2-13(10-15)3-5-14/h2-7H,8-9,11H2,1H3. The normalized spacial score (nSPS) is 13.5. The van der Waals surface area contributed by atoms with Gasteiger partial charge in [0.15, 0.2) is 0 Å². The molecule has 19 heavy (non-hydrogen) atoms. The van der Waals surface area contributed by atoms with Gasteiger partial charge in [-0.25, -0.2) is 0 Å². The summed E-state index contributed by atoms with van der Waals surface area (Å²) >= 11 is 0. The highest BCUT2D eigenvalue weighted by Crippen LogP contribution is 2.12. The third-order valence-corrected chi connectivity index (χ3v) is 2.83. The molecule has 1 aliphatic heterocycles. The van der Waals surface area contributed by atoms with Crippen molar-refractivity contribution in [2.24, 2.45) is 0 Å². The number of benzene rings is 1. The fraction of sp³-hybridized carbons (Fsp3) is 0.286. The van der Waals surface area contributed by atoms with Crippen molar-refractivity contribution in [2.45, 2.75) is 6.92 Å². The van der Waals surface area contributed by atoms with Crippen LogP contribution in [0.5, 0.6) is 5.75 Å². The third kappa shape index (κ3) is 3.49. The Labute approximate surface area is 112 Å². The van der Waals surface area contributed by atoms with Gasteiger partial charge in [-0.05, 0) is 24.3 Å². The Kier molecular flexibility index (Phi) is 4.04. The maximum Gasteiger partial charge on any atom is 0.224 e. The lowest BCUT2D eigenvalue weighted by Crippen LogP contribution is -2.30. The Morgan fingerprint density at radius 3 is 2.68 bits per heavy atom. The summed E-state index contributed by atoms with van der Waals surface area (Å²) in [5.74, 6) is 0.775. The van der Waals surface area contributed by atoms with Gasteiger partial charge in [-0.1, -0.05) is 0 Å². The van der Waals surface area contributed by atoms with Gasteiger partial charge in [0.2, 0.25) is 5.91 Å². The molecule has 98 valence electrons. The van der Waals surface area contributed by atoms with E-state index in [1.165, 1.54) is 0 Å². The zero-order chi connectivity index (χ0) is 13.7. The highest BCUT2D eigenvalue weighted by atomic mass is 16.5. The fourth-order valence-corrected chi connectivity index (χ4v) is 1.72. The molecule has 0 spiro atoms. The summed E-state index contributed by atoms with van der Waals surface area (Å²) in [6.45, 7) is 3.36. The molecular formula is C14H15N3O2. The number of ether oxygens (including phenoxy) is 1. The van der Waals surface area contributed by atoms with E-state index >= 15 is 0 Å². The second-order valence-electron chi connectivity index (χ2n) is 4.23. The Bertz CT molecular complexity index is 516. The van der Waals surface area contributed by atoms with Crippen LogP contribution in [0.15, 0.2) is 36.7 Å². The van der Waals surface area contributed by atoms with Crippen LogP contribution < -0.4 is 4.74 Å². The Morgan fingerprint density at radius 2 is 2.11 bits per heavy atom. The van der Waals surface area contributed by atoms with Gasteiger partial charge in [0.1, 0.15) is 12.4 Å². The van der Waals surface area contributed by atoms with E-state index < -0.39 is 0 Å². The average molecular weight is 257 g/mol. The molecule has 0 unspecified atom stereocenters. The number of rotatable bonds is 4. The number of carbonyl (C=O) groups excluding carboxylic acids is 1. The second kappa shape index (κ2) is 5.91. The van der Waals surface area contributed by atoms with E-state index in [9.17, 15) is 4.79 Å². The number of hydrogen-bond acceptors (Lipinski definition) is 4. The number of nitriles is 1. The van der Waals surface area contributed by atoms with Gasteiger partial charge in [-0.3, -0.25) is 9.69 Å². The van der Waals surface area contributed by atoms with Crippen molar-refractivity contribution in [1.29, 1.82) is 5.26 Å². The molecule has 1 aromatic rings. The highest BCUT2D eigenvalue weighted by molar-refractivity contribution is 5.74. The molecule has 1 aliphatic rings.